The molecule has 1 aromatic carbocycles. The molecule has 1 unspecified atom stereocenters. The molecule has 0 radical (unpaired) electrons. The van der Waals surface area contributed by atoms with Gasteiger partial charge in [-0.25, -0.2) is 8.78 Å². The lowest BCUT2D eigenvalue weighted by atomic mass is 10.0. The van der Waals surface area contributed by atoms with Crippen molar-refractivity contribution in [1.29, 1.82) is 0 Å². The molecule has 0 aliphatic heterocycles. The van der Waals surface area contributed by atoms with Crippen molar-refractivity contribution in [2.45, 2.75) is 32.4 Å². The fourth-order valence-electron chi connectivity index (χ4n) is 1.48. The first-order chi connectivity index (χ1) is 7.95. The van der Waals surface area contributed by atoms with Crippen molar-refractivity contribution in [2.75, 3.05) is 0 Å². The molecular formula is C12H16F2N2O. The van der Waals surface area contributed by atoms with E-state index in [1.54, 1.807) is 6.92 Å². The van der Waals surface area contributed by atoms with Crippen molar-refractivity contribution in [3.63, 3.8) is 0 Å². The van der Waals surface area contributed by atoms with E-state index in [0.29, 0.717) is 6.42 Å². The van der Waals surface area contributed by atoms with Gasteiger partial charge in [0.1, 0.15) is 11.6 Å². The van der Waals surface area contributed by atoms with Crippen LogP contribution >= 0.6 is 0 Å². The lowest BCUT2D eigenvalue weighted by molar-refractivity contribution is -0.122. The molecule has 1 amide bonds. The van der Waals surface area contributed by atoms with E-state index in [-0.39, 0.29) is 11.5 Å². The molecule has 0 fully saturated rings. The van der Waals surface area contributed by atoms with Gasteiger partial charge in [-0.1, -0.05) is 6.92 Å². The summed E-state index contributed by atoms with van der Waals surface area (Å²) in [6, 6.07) is 1.93. The Balaban J connectivity index is 2.93. The van der Waals surface area contributed by atoms with Crippen LogP contribution in [0.2, 0.25) is 0 Å². The van der Waals surface area contributed by atoms with Crippen molar-refractivity contribution < 1.29 is 13.6 Å². The van der Waals surface area contributed by atoms with E-state index in [9.17, 15) is 13.6 Å². The van der Waals surface area contributed by atoms with Gasteiger partial charge in [0.15, 0.2) is 0 Å². The fourth-order valence-corrected chi connectivity index (χ4v) is 1.48. The standard InChI is InChI=1S/C12H16F2N2O/c1-3-11(16-12(17)7(2)15)9-6-8(13)4-5-10(9)14/h4-7,11H,3,15H2,1-2H3,(H,16,17)/t7-,11?/m0/s1. The van der Waals surface area contributed by atoms with Crippen LogP contribution in [-0.2, 0) is 4.79 Å². The van der Waals surface area contributed by atoms with E-state index in [0.717, 1.165) is 18.2 Å². The van der Waals surface area contributed by atoms with Gasteiger partial charge in [0.25, 0.3) is 0 Å². The van der Waals surface area contributed by atoms with Crippen molar-refractivity contribution in [1.82, 2.24) is 5.32 Å². The van der Waals surface area contributed by atoms with Crippen LogP contribution in [0.5, 0.6) is 0 Å². The lowest BCUT2D eigenvalue weighted by Crippen LogP contribution is -2.40. The van der Waals surface area contributed by atoms with Gasteiger partial charge in [0.2, 0.25) is 5.91 Å². The Kier molecular flexibility index (Phi) is 4.57. The lowest BCUT2D eigenvalue weighted by Gasteiger charge is -2.19. The minimum Gasteiger partial charge on any atom is -0.348 e. The fraction of sp³-hybridized carbons (Fsp3) is 0.417. The highest BCUT2D eigenvalue weighted by Gasteiger charge is 2.18. The number of carbonyl (C=O) groups excluding carboxylic acids is 1. The van der Waals surface area contributed by atoms with Gasteiger partial charge in [-0.05, 0) is 31.5 Å². The molecule has 3 nitrogen and oxygen atoms in total. The summed E-state index contributed by atoms with van der Waals surface area (Å²) in [5, 5.41) is 2.58. The Morgan fingerprint density at radius 3 is 2.65 bits per heavy atom. The molecule has 1 aromatic rings. The highest BCUT2D eigenvalue weighted by Crippen LogP contribution is 2.21. The Hall–Kier alpha value is -1.49. The molecule has 0 aromatic heterocycles. The highest BCUT2D eigenvalue weighted by molar-refractivity contribution is 5.81. The topological polar surface area (TPSA) is 55.1 Å². The summed E-state index contributed by atoms with van der Waals surface area (Å²) >= 11 is 0. The van der Waals surface area contributed by atoms with Gasteiger partial charge in [-0.3, -0.25) is 4.79 Å². The van der Waals surface area contributed by atoms with E-state index in [2.05, 4.69) is 5.32 Å². The van der Waals surface area contributed by atoms with E-state index >= 15 is 0 Å². The summed E-state index contributed by atoms with van der Waals surface area (Å²) in [4.78, 5) is 11.4. The summed E-state index contributed by atoms with van der Waals surface area (Å²) in [5.74, 6) is -1.46. The van der Waals surface area contributed by atoms with Gasteiger partial charge in [0, 0.05) is 5.56 Å². The summed E-state index contributed by atoms with van der Waals surface area (Å²) in [7, 11) is 0. The smallest absolute Gasteiger partial charge is 0.237 e. The van der Waals surface area contributed by atoms with Gasteiger partial charge in [0.05, 0.1) is 12.1 Å². The number of amides is 1. The normalized spacial score (nSPS) is 14.2. The number of benzene rings is 1. The van der Waals surface area contributed by atoms with Crippen LogP contribution in [0.25, 0.3) is 0 Å². The monoisotopic (exact) mass is 242 g/mol. The highest BCUT2D eigenvalue weighted by atomic mass is 19.1. The molecule has 0 spiro atoms. The first kappa shape index (κ1) is 13.6. The van der Waals surface area contributed by atoms with Crippen molar-refractivity contribution in [3.05, 3.63) is 35.4 Å². The summed E-state index contributed by atoms with van der Waals surface area (Å²) in [5.41, 5.74) is 5.55. The number of nitrogens with two attached hydrogens (primary N) is 1. The third kappa shape index (κ3) is 3.49. The number of hydrogen-bond donors (Lipinski definition) is 2. The van der Waals surface area contributed by atoms with Crippen LogP contribution < -0.4 is 11.1 Å². The second-order valence-electron chi connectivity index (χ2n) is 3.92. The van der Waals surface area contributed by atoms with Crippen LogP contribution in [-0.4, -0.2) is 11.9 Å². The zero-order valence-corrected chi connectivity index (χ0v) is 9.84. The second-order valence-corrected chi connectivity index (χ2v) is 3.92. The predicted octanol–water partition coefficient (Wildman–Crippen LogP) is 1.88. The quantitative estimate of drug-likeness (QED) is 0.847. The van der Waals surface area contributed by atoms with Crippen molar-refractivity contribution in [2.24, 2.45) is 5.73 Å². The average Bonchev–Trinajstić information content (AvgIpc) is 2.29. The van der Waals surface area contributed by atoms with Crippen LogP contribution in [0.1, 0.15) is 31.9 Å². The zero-order valence-electron chi connectivity index (χ0n) is 9.84. The Morgan fingerprint density at radius 2 is 2.12 bits per heavy atom. The minimum atomic E-state index is -0.680. The number of halogens is 2. The van der Waals surface area contributed by atoms with Crippen LogP contribution in [0.3, 0.4) is 0 Å². The Labute approximate surface area is 99.0 Å². The molecule has 1 rings (SSSR count). The molecule has 2 atom stereocenters. The molecule has 0 aliphatic carbocycles. The van der Waals surface area contributed by atoms with E-state index in [1.807, 2.05) is 0 Å². The van der Waals surface area contributed by atoms with Gasteiger partial charge in [-0.2, -0.15) is 0 Å². The molecule has 0 aliphatic rings. The molecule has 3 N–H and O–H groups in total. The largest absolute Gasteiger partial charge is 0.348 e. The third-order valence-electron chi connectivity index (χ3n) is 2.47. The maximum atomic E-state index is 13.5. The van der Waals surface area contributed by atoms with Gasteiger partial charge >= 0.3 is 0 Å². The van der Waals surface area contributed by atoms with Gasteiger partial charge < -0.3 is 11.1 Å². The maximum absolute atomic E-state index is 13.5. The van der Waals surface area contributed by atoms with Crippen LogP contribution in [0.15, 0.2) is 18.2 Å². The van der Waals surface area contributed by atoms with Crippen LogP contribution in [0, 0.1) is 11.6 Å². The minimum absolute atomic E-state index is 0.140. The Morgan fingerprint density at radius 1 is 1.47 bits per heavy atom. The average molecular weight is 242 g/mol. The second kappa shape index (κ2) is 5.72. The maximum Gasteiger partial charge on any atom is 0.237 e. The molecule has 0 heterocycles. The molecule has 94 valence electrons. The number of carbonyl (C=O) groups is 1. The van der Waals surface area contributed by atoms with E-state index in [1.165, 1.54) is 6.92 Å². The molecule has 0 bridgehead atoms. The van der Waals surface area contributed by atoms with Crippen molar-refractivity contribution >= 4 is 5.91 Å². The predicted molar refractivity (Wildman–Crippen MR) is 61.2 cm³/mol. The summed E-state index contributed by atoms with van der Waals surface area (Å²) < 4.78 is 26.5. The van der Waals surface area contributed by atoms with Crippen LogP contribution in [0.4, 0.5) is 8.78 Å². The molecule has 0 saturated carbocycles. The van der Waals surface area contributed by atoms with E-state index in [4.69, 9.17) is 5.73 Å². The SMILES string of the molecule is CCC(NC(=O)[C@H](C)N)c1cc(F)ccc1F. The number of hydrogen-bond acceptors (Lipinski definition) is 2. The Bertz CT molecular complexity index is 407. The van der Waals surface area contributed by atoms with E-state index < -0.39 is 23.7 Å². The zero-order chi connectivity index (χ0) is 13.0. The number of rotatable bonds is 4. The molecular weight excluding hydrogens is 226 g/mol. The summed E-state index contributed by atoms with van der Waals surface area (Å²) in [6.07, 6.45) is 0.457. The van der Waals surface area contributed by atoms with Crippen molar-refractivity contribution in [3.8, 4) is 0 Å². The first-order valence-corrected chi connectivity index (χ1v) is 5.46. The summed E-state index contributed by atoms with van der Waals surface area (Å²) in [6.45, 7) is 3.31. The van der Waals surface area contributed by atoms with Gasteiger partial charge in [-0.15, -0.1) is 0 Å². The molecule has 17 heavy (non-hydrogen) atoms. The first-order valence-electron chi connectivity index (χ1n) is 5.46. The molecule has 0 saturated heterocycles. The molecule has 5 heteroatoms. The number of nitrogens with one attached hydrogen (secondary N) is 1. The third-order valence-corrected chi connectivity index (χ3v) is 2.47.